The zero-order valence-corrected chi connectivity index (χ0v) is 17.3. The molecular weight excluding hydrogens is 348 g/mol. The number of carbonyl (C=O) groups excluding carboxylic acids is 1. The molecule has 0 aromatic heterocycles. The fourth-order valence-corrected chi connectivity index (χ4v) is 4.06. The van der Waals surface area contributed by atoms with Crippen LogP contribution in [0.3, 0.4) is 0 Å². The van der Waals surface area contributed by atoms with Crippen LogP contribution in [0.15, 0.2) is 42.5 Å². The van der Waals surface area contributed by atoms with Crippen LogP contribution in [0.1, 0.15) is 51.6 Å². The van der Waals surface area contributed by atoms with E-state index in [9.17, 15) is 4.79 Å². The first-order valence-electron chi connectivity index (χ1n) is 10.3. The van der Waals surface area contributed by atoms with Gasteiger partial charge in [-0.05, 0) is 56.8 Å². The molecule has 2 aromatic carbocycles. The molecule has 1 fully saturated rings. The number of ether oxygens (including phenoxy) is 1. The number of amides is 1. The molecule has 1 amide bonds. The van der Waals surface area contributed by atoms with E-state index >= 15 is 0 Å². The fraction of sp³-hybridized carbons (Fsp3) is 0.458. The molecule has 3 rings (SSSR count). The Kier molecular flexibility index (Phi) is 7.24. The maximum Gasteiger partial charge on any atom is 0.251 e. The monoisotopic (exact) mass is 380 g/mol. The van der Waals surface area contributed by atoms with E-state index in [0.29, 0.717) is 0 Å². The van der Waals surface area contributed by atoms with Gasteiger partial charge in [-0.25, -0.2) is 0 Å². The maximum absolute atomic E-state index is 12.5. The van der Waals surface area contributed by atoms with Crippen molar-refractivity contribution in [3.63, 3.8) is 0 Å². The first-order valence-corrected chi connectivity index (χ1v) is 10.3. The average molecular weight is 381 g/mol. The van der Waals surface area contributed by atoms with Crippen molar-refractivity contribution in [2.45, 2.75) is 39.7 Å². The Morgan fingerprint density at radius 2 is 1.82 bits per heavy atom. The Bertz CT molecular complexity index is 765. The first kappa shape index (κ1) is 20.6. The number of hydrogen-bond acceptors (Lipinski definition) is 3. The SMILES string of the molecule is Cc1cc(C)c(C(=O)NCCCCN2CCOC(c3ccccc3)C2)c(C)c1. The summed E-state index contributed by atoms with van der Waals surface area (Å²) in [5.41, 5.74) is 5.38. The van der Waals surface area contributed by atoms with Crippen LogP contribution < -0.4 is 5.32 Å². The molecule has 1 heterocycles. The van der Waals surface area contributed by atoms with Crippen molar-refractivity contribution >= 4 is 5.91 Å². The number of morpholine rings is 1. The van der Waals surface area contributed by atoms with Gasteiger partial charge in [0.05, 0.1) is 12.7 Å². The highest BCUT2D eigenvalue weighted by Gasteiger charge is 2.21. The van der Waals surface area contributed by atoms with E-state index in [1.165, 1.54) is 11.1 Å². The molecule has 1 aliphatic heterocycles. The Morgan fingerprint density at radius 1 is 1.11 bits per heavy atom. The van der Waals surface area contributed by atoms with Crippen LogP contribution in [-0.4, -0.2) is 43.6 Å². The predicted octanol–water partition coefficient (Wildman–Crippen LogP) is 4.20. The van der Waals surface area contributed by atoms with Gasteiger partial charge in [0.25, 0.3) is 5.91 Å². The van der Waals surface area contributed by atoms with E-state index in [2.05, 4.69) is 53.5 Å². The summed E-state index contributed by atoms with van der Waals surface area (Å²) >= 11 is 0. The fourth-order valence-electron chi connectivity index (χ4n) is 4.06. The Hall–Kier alpha value is -2.17. The van der Waals surface area contributed by atoms with Crippen molar-refractivity contribution in [2.24, 2.45) is 0 Å². The van der Waals surface area contributed by atoms with Crippen molar-refractivity contribution < 1.29 is 9.53 Å². The van der Waals surface area contributed by atoms with Crippen LogP contribution in [0.2, 0.25) is 0 Å². The van der Waals surface area contributed by atoms with Crippen LogP contribution in [0.25, 0.3) is 0 Å². The molecule has 150 valence electrons. The van der Waals surface area contributed by atoms with Gasteiger partial charge in [-0.1, -0.05) is 48.0 Å². The molecule has 1 N–H and O–H groups in total. The molecule has 0 saturated carbocycles. The number of hydrogen-bond donors (Lipinski definition) is 1. The minimum absolute atomic E-state index is 0.0468. The Labute approximate surface area is 168 Å². The van der Waals surface area contributed by atoms with E-state index in [4.69, 9.17) is 4.74 Å². The van der Waals surface area contributed by atoms with Crippen LogP contribution in [-0.2, 0) is 4.74 Å². The molecule has 0 aliphatic carbocycles. The van der Waals surface area contributed by atoms with E-state index < -0.39 is 0 Å². The lowest BCUT2D eigenvalue weighted by atomic mass is 9.99. The van der Waals surface area contributed by atoms with Gasteiger partial charge in [0.1, 0.15) is 0 Å². The summed E-state index contributed by atoms with van der Waals surface area (Å²) in [7, 11) is 0. The number of nitrogens with one attached hydrogen (secondary N) is 1. The molecule has 1 atom stereocenters. The zero-order chi connectivity index (χ0) is 19.9. The molecule has 4 heteroatoms. The van der Waals surface area contributed by atoms with Crippen molar-refractivity contribution in [2.75, 3.05) is 32.8 Å². The molecule has 28 heavy (non-hydrogen) atoms. The number of nitrogens with zero attached hydrogens (tertiary/aromatic N) is 1. The topological polar surface area (TPSA) is 41.6 Å². The minimum Gasteiger partial charge on any atom is -0.371 e. The number of benzene rings is 2. The number of carbonyl (C=O) groups is 1. The smallest absolute Gasteiger partial charge is 0.251 e. The molecule has 1 saturated heterocycles. The van der Waals surface area contributed by atoms with Gasteiger partial charge in [0, 0.05) is 25.2 Å². The third kappa shape index (κ3) is 5.43. The Morgan fingerprint density at radius 3 is 2.54 bits per heavy atom. The second-order valence-electron chi connectivity index (χ2n) is 7.81. The van der Waals surface area contributed by atoms with E-state index in [1.807, 2.05) is 19.9 Å². The van der Waals surface area contributed by atoms with Gasteiger partial charge in [0.15, 0.2) is 0 Å². The van der Waals surface area contributed by atoms with Crippen molar-refractivity contribution in [1.82, 2.24) is 10.2 Å². The van der Waals surface area contributed by atoms with Crippen LogP contribution in [0.4, 0.5) is 0 Å². The molecule has 2 aromatic rings. The van der Waals surface area contributed by atoms with Gasteiger partial charge in [-0.3, -0.25) is 9.69 Å². The average Bonchev–Trinajstić information content (AvgIpc) is 2.68. The molecule has 0 radical (unpaired) electrons. The molecule has 0 bridgehead atoms. The molecule has 1 aliphatic rings. The summed E-state index contributed by atoms with van der Waals surface area (Å²) in [5, 5.41) is 3.09. The number of unbranched alkanes of at least 4 members (excludes halogenated alkanes) is 1. The number of aryl methyl sites for hydroxylation is 3. The summed E-state index contributed by atoms with van der Waals surface area (Å²) in [6, 6.07) is 14.6. The lowest BCUT2D eigenvalue weighted by Crippen LogP contribution is -2.39. The molecule has 1 unspecified atom stereocenters. The molecular formula is C24H32N2O2. The standard InChI is InChI=1S/C24H32N2O2/c1-18-15-19(2)23(20(3)16-18)24(27)25-11-7-8-12-26-13-14-28-22(17-26)21-9-5-4-6-10-21/h4-6,9-10,15-16,22H,7-8,11-14,17H2,1-3H3,(H,25,27). The maximum atomic E-state index is 12.5. The highest BCUT2D eigenvalue weighted by atomic mass is 16.5. The lowest BCUT2D eigenvalue weighted by molar-refractivity contribution is -0.0303. The van der Waals surface area contributed by atoms with Gasteiger partial charge in [-0.2, -0.15) is 0 Å². The van der Waals surface area contributed by atoms with Crippen molar-refractivity contribution in [3.8, 4) is 0 Å². The van der Waals surface area contributed by atoms with Gasteiger partial charge in [-0.15, -0.1) is 0 Å². The van der Waals surface area contributed by atoms with E-state index in [0.717, 1.165) is 62.3 Å². The highest BCUT2D eigenvalue weighted by Crippen LogP contribution is 2.22. The van der Waals surface area contributed by atoms with Crippen molar-refractivity contribution in [1.29, 1.82) is 0 Å². The van der Waals surface area contributed by atoms with Crippen LogP contribution >= 0.6 is 0 Å². The van der Waals surface area contributed by atoms with Gasteiger partial charge < -0.3 is 10.1 Å². The predicted molar refractivity (Wildman–Crippen MR) is 114 cm³/mol. The summed E-state index contributed by atoms with van der Waals surface area (Å²) < 4.78 is 5.93. The lowest BCUT2D eigenvalue weighted by Gasteiger charge is -2.33. The summed E-state index contributed by atoms with van der Waals surface area (Å²) in [6.07, 6.45) is 2.23. The second kappa shape index (κ2) is 9.85. The third-order valence-electron chi connectivity index (χ3n) is 5.41. The Balaban J connectivity index is 1.40. The molecule has 0 spiro atoms. The zero-order valence-electron chi connectivity index (χ0n) is 17.3. The van der Waals surface area contributed by atoms with E-state index in [-0.39, 0.29) is 12.0 Å². The minimum atomic E-state index is 0.0468. The summed E-state index contributed by atoms with van der Waals surface area (Å²) in [5.74, 6) is 0.0468. The van der Waals surface area contributed by atoms with Gasteiger partial charge >= 0.3 is 0 Å². The van der Waals surface area contributed by atoms with Crippen molar-refractivity contribution in [3.05, 3.63) is 70.3 Å². The summed E-state index contributed by atoms with van der Waals surface area (Å²) in [4.78, 5) is 15.0. The third-order valence-corrected chi connectivity index (χ3v) is 5.41. The number of rotatable bonds is 7. The normalized spacial score (nSPS) is 17.5. The summed E-state index contributed by atoms with van der Waals surface area (Å²) in [6.45, 7) is 10.6. The largest absolute Gasteiger partial charge is 0.371 e. The quantitative estimate of drug-likeness (QED) is 0.732. The second-order valence-corrected chi connectivity index (χ2v) is 7.81. The van der Waals surface area contributed by atoms with Crippen LogP contribution in [0, 0.1) is 20.8 Å². The van der Waals surface area contributed by atoms with E-state index in [1.54, 1.807) is 0 Å². The first-order chi connectivity index (χ1) is 13.5. The van der Waals surface area contributed by atoms with Gasteiger partial charge in [0.2, 0.25) is 0 Å². The molecule has 4 nitrogen and oxygen atoms in total. The highest BCUT2D eigenvalue weighted by molar-refractivity contribution is 5.97. The van der Waals surface area contributed by atoms with Crippen LogP contribution in [0.5, 0.6) is 0 Å².